The molecule has 0 saturated carbocycles. The molecule has 0 aromatic heterocycles. The molecule has 0 aliphatic heterocycles. The van der Waals surface area contributed by atoms with Gasteiger partial charge in [-0.25, -0.2) is 0 Å². The van der Waals surface area contributed by atoms with Crippen LogP contribution in [0.1, 0.15) is 45.2 Å². The highest BCUT2D eigenvalue weighted by Crippen LogP contribution is 2.26. The molecule has 2 atom stereocenters. The van der Waals surface area contributed by atoms with Crippen molar-refractivity contribution in [1.82, 2.24) is 10.2 Å². The van der Waals surface area contributed by atoms with Crippen LogP contribution in [0, 0.1) is 0 Å². The molecule has 0 fully saturated rings. The molecule has 0 saturated heterocycles. The summed E-state index contributed by atoms with van der Waals surface area (Å²) in [5.74, 6) is 0.0846. The number of ether oxygens (including phenoxy) is 1. The highest BCUT2D eigenvalue weighted by molar-refractivity contribution is 9.10. The van der Waals surface area contributed by atoms with Gasteiger partial charge in [-0.3, -0.25) is 9.59 Å². The molecule has 0 spiro atoms. The summed E-state index contributed by atoms with van der Waals surface area (Å²) in [4.78, 5) is 27.4. The van der Waals surface area contributed by atoms with Crippen LogP contribution in [0.15, 0.2) is 46.9 Å². The molecular formula is C24H30BrClN2O3. The number of halogens is 2. The maximum absolute atomic E-state index is 13.1. The summed E-state index contributed by atoms with van der Waals surface area (Å²) in [6, 6.07) is 12.4. The van der Waals surface area contributed by atoms with Crippen molar-refractivity contribution in [3.05, 3.63) is 63.1 Å². The quantitative estimate of drug-likeness (QED) is 0.468. The van der Waals surface area contributed by atoms with E-state index in [0.29, 0.717) is 10.8 Å². The van der Waals surface area contributed by atoms with Gasteiger partial charge in [0.05, 0.1) is 4.47 Å². The lowest BCUT2D eigenvalue weighted by Crippen LogP contribution is -2.50. The normalized spacial score (nSPS) is 12.7. The summed E-state index contributed by atoms with van der Waals surface area (Å²) < 4.78 is 6.57. The molecular weight excluding hydrogens is 480 g/mol. The molecule has 0 aliphatic rings. The summed E-state index contributed by atoms with van der Waals surface area (Å²) in [6.45, 7) is 7.76. The number of amides is 2. The Bertz CT molecular complexity index is 906. The van der Waals surface area contributed by atoms with Crippen molar-refractivity contribution in [3.8, 4) is 5.75 Å². The van der Waals surface area contributed by atoms with Crippen LogP contribution in [0.2, 0.25) is 5.02 Å². The Morgan fingerprint density at radius 1 is 1.16 bits per heavy atom. The maximum Gasteiger partial charge on any atom is 0.261 e. The lowest BCUT2D eigenvalue weighted by molar-refractivity contribution is -0.142. The number of hydrogen-bond acceptors (Lipinski definition) is 3. The van der Waals surface area contributed by atoms with Crippen LogP contribution in [0.4, 0.5) is 0 Å². The number of nitrogens with one attached hydrogen (secondary N) is 1. The first-order valence-electron chi connectivity index (χ1n) is 10.5. The van der Waals surface area contributed by atoms with Gasteiger partial charge in [0, 0.05) is 17.6 Å². The molecule has 0 unspecified atom stereocenters. The standard InChI is InChI=1S/C24H30BrClN2O3/c1-5-16(3)27-24(30)17(4)28(14-19-9-7-8-10-21(19)26)23(29)15-31-22-12-11-18(6-2)13-20(22)25/h7-13,16-17H,5-6,14-15H2,1-4H3,(H,27,30)/t16-,17+/m1/s1. The lowest BCUT2D eigenvalue weighted by atomic mass is 10.1. The van der Waals surface area contributed by atoms with Crippen LogP contribution in [-0.2, 0) is 22.6 Å². The average Bonchev–Trinajstić information content (AvgIpc) is 2.76. The SMILES string of the molecule is CCc1ccc(OCC(=O)N(Cc2ccccc2Cl)[C@@H](C)C(=O)N[C@H](C)CC)c(Br)c1. The molecule has 2 aromatic carbocycles. The number of rotatable bonds is 10. The van der Waals surface area contributed by atoms with Gasteiger partial charge in [0.15, 0.2) is 6.61 Å². The largest absolute Gasteiger partial charge is 0.483 e. The highest BCUT2D eigenvalue weighted by atomic mass is 79.9. The average molecular weight is 510 g/mol. The minimum atomic E-state index is -0.674. The Balaban J connectivity index is 2.19. The summed E-state index contributed by atoms with van der Waals surface area (Å²) in [7, 11) is 0. The zero-order valence-corrected chi connectivity index (χ0v) is 20.8. The fraction of sp³-hybridized carbons (Fsp3) is 0.417. The molecule has 5 nitrogen and oxygen atoms in total. The van der Waals surface area contributed by atoms with E-state index in [4.69, 9.17) is 16.3 Å². The first-order chi connectivity index (χ1) is 14.8. The summed E-state index contributed by atoms with van der Waals surface area (Å²) in [5, 5.41) is 3.50. The summed E-state index contributed by atoms with van der Waals surface area (Å²) >= 11 is 9.80. The van der Waals surface area contributed by atoms with Crippen LogP contribution in [-0.4, -0.2) is 35.4 Å². The molecule has 0 aliphatic carbocycles. The van der Waals surface area contributed by atoms with Crippen molar-refractivity contribution >= 4 is 39.3 Å². The molecule has 1 N–H and O–H groups in total. The van der Waals surface area contributed by atoms with Gasteiger partial charge in [-0.1, -0.05) is 49.7 Å². The molecule has 2 aromatic rings. The monoisotopic (exact) mass is 508 g/mol. The number of carbonyl (C=O) groups is 2. The third kappa shape index (κ3) is 7.25. The lowest BCUT2D eigenvalue weighted by Gasteiger charge is -2.30. The van der Waals surface area contributed by atoms with Crippen molar-refractivity contribution in [2.45, 2.75) is 59.2 Å². The molecule has 2 amide bonds. The Labute approximate surface area is 198 Å². The molecule has 0 bridgehead atoms. The van der Waals surface area contributed by atoms with Crippen molar-refractivity contribution < 1.29 is 14.3 Å². The van der Waals surface area contributed by atoms with Crippen LogP contribution in [0.3, 0.4) is 0 Å². The van der Waals surface area contributed by atoms with Crippen LogP contribution >= 0.6 is 27.5 Å². The smallest absolute Gasteiger partial charge is 0.261 e. The van der Waals surface area contributed by atoms with Gasteiger partial charge in [-0.05, 0) is 71.9 Å². The van der Waals surface area contributed by atoms with Crippen molar-refractivity contribution in [2.24, 2.45) is 0 Å². The molecule has 31 heavy (non-hydrogen) atoms. The van der Waals surface area contributed by atoms with Gasteiger partial charge >= 0.3 is 0 Å². The molecule has 0 radical (unpaired) electrons. The number of carbonyl (C=O) groups excluding carboxylic acids is 2. The van der Waals surface area contributed by atoms with Crippen LogP contribution < -0.4 is 10.1 Å². The van der Waals surface area contributed by atoms with Crippen molar-refractivity contribution in [1.29, 1.82) is 0 Å². The van der Waals surface area contributed by atoms with Crippen molar-refractivity contribution in [2.75, 3.05) is 6.61 Å². The molecule has 2 rings (SSSR count). The van der Waals surface area contributed by atoms with Gasteiger partial charge in [0.25, 0.3) is 5.91 Å². The third-order valence-electron chi connectivity index (χ3n) is 5.22. The first-order valence-corrected chi connectivity index (χ1v) is 11.7. The number of aryl methyl sites for hydroxylation is 1. The zero-order valence-electron chi connectivity index (χ0n) is 18.5. The highest BCUT2D eigenvalue weighted by Gasteiger charge is 2.27. The van der Waals surface area contributed by atoms with E-state index in [0.717, 1.165) is 22.9 Å². The summed E-state index contributed by atoms with van der Waals surface area (Å²) in [5.41, 5.74) is 1.94. The second-order valence-electron chi connectivity index (χ2n) is 7.51. The van der Waals surface area contributed by atoms with Gasteiger partial charge < -0.3 is 15.0 Å². The van der Waals surface area contributed by atoms with E-state index < -0.39 is 6.04 Å². The van der Waals surface area contributed by atoms with Gasteiger partial charge in [-0.2, -0.15) is 0 Å². The molecule has 7 heteroatoms. The maximum atomic E-state index is 13.1. The van der Waals surface area contributed by atoms with E-state index in [1.807, 2.05) is 50.2 Å². The molecule has 0 heterocycles. The summed E-state index contributed by atoms with van der Waals surface area (Å²) in [6.07, 6.45) is 1.72. The Morgan fingerprint density at radius 3 is 2.48 bits per heavy atom. The number of benzene rings is 2. The number of hydrogen-bond donors (Lipinski definition) is 1. The van der Waals surface area contributed by atoms with Crippen molar-refractivity contribution in [3.63, 3.8) is 0 Å². The van der Waals surface area contributed by atoms with Gasteiger partial charge in [-0.15, -0.1) is 0 Å². The minimum Gasteiger partial charge on any atom is -0.483 e. The predicted molar refractivity (Wildman–Crippen MR) is 128 cm³/mol. The third-order valence-corrected chi connectivity index (χ3v) is 6.21. The van der Waals surface area contributed by atoms with E-state index in [1.54, 1.807) is 13.0 Å². The predicted octanol–water partition coefficient (Wildman–Crippen LogP) is 5.38. The minimum absolute atomic E-state index is 0.0245. The van der Waals surface area contributed by atoms with Crippen LogP contribution in [0.25, 0.3) is 0 Å². The van der Waals surface area contributed by atoms with E-state index in [9.17, 15) is 9.59 Å². The second kappa shape index (κ2) is 12.1. The van der Waals surface area contributed by atoms with E-state index in [-0.39, 0.29) is 31.0 Å². The van der Waals surface area contributed by atoms with Gasteiger partial charge in [0.1, 0.15) is 11.8 Å². The van der Waals surface area contributed by atoms with E-state index in [1.165, 1.54) is 10.5 Å². The fourth-order valence-corrected chi connectivity index (χ4v) is 3.70. The van der Waals surface area contributed by atoms with E-state index >= 15 is 0 Å². The molecule has 168 valence electrons. The Morgan fingerprint density at radius 2 is 1.87 bits per heavy atom. The topological polar surface area (TPSA) is 58.6 Å². The zero-order chi connectivity index (χ0) is 23.0. The van der Waals surface area contributed by atoms with Gasteiger partial charge in [0.2, 0.25) is 5.91 Å². The fourth-order valence-electron chi connectivity index (χ4n) is 2.96. The van der Waals surface area contributed by atoms with E-state index in [2.05, 4.69) is 28.2 Å². The Kier molecular flexibility index (Phi) is 9.85. The van der Waals surface area contributed by atoms with Crippen LogP contribution in [0.5, 0.6) is 5.75 Å². The Hall–Kier alpha value is -2.05. The number of nitrogens with zero attached hydrogens (tertiary/aromatic N) is 1. The second-order valence-corrected chi connectivity index (χ2v) is 8.78. The first kappa shape index (κ1) is 25.2.